The highest BCUT2D eigenvalue weighted by Gasteiger charge is 2.46. The highest BCUT2D eigenvalue weighted by Crippen LogP contribution is 2.39. The molecule has 4 aromatic rings. The predicted octanol–water partition coefficient (Wildman–Crippen LogP) is 5.19. The summed E-state index contributed by atoms with van der Waals surface area (Å²) in [5.74, 6) is -6.18. The molecule has 5 rings (SSSR count). The minimum Gasteiger partial charge on any atom is -0.480 e. The maximum atomic E-state index is 15.0. The van der Waals surface area contributed by atoms with Crippen LogP contribution in [0.5, 0.6) is 0 Å². The first-order chi connectivity index (χ1) is 21.6. The summed E-state index contributed by atoms with van der Waals surface area (Å²) in [6.07, 6.45) is -6.25. The number of carboxylic acids is 1. The van der Waals surface area contributed by atoms with Gasteiger partial charge in [0, 0.05) is 48.5 Å². The number of aromatic nitrogens is 3. The number of carbonyl (C=O) groups excluding carboxylic acids is 1. The Morgan fingerprint density at radius 2 is 1.76 bits per heavy atom. The summed E-state index contributed by atoms with van der Waals surface area (Å²) in [6.45, 7) is 0.0148. The van der Waals surface area contributed by atoms with E-state index in [1.807, 2.05) is 5.32 Å². The van der Waals surface area contributed by atoms with Gasteiger partial charge in [0.05, 0.1) is 24.5 Å². The Kier molecular flexibility index (Phi) is 8.63. The number of fused-ring (bicyclic) bond motifs is 1. The van der Waals surface area contributed by atoms with Crippen LogP contribution in [0.2, 0.25) is 0 Å². The van der Waals surface area contributed by atoms with E-state index in [1.54, 1.807) is 0 Å². The Morgan fingerprint density at radius 1 is 1.07 bits per heavy atom. The Hall–Kier alpha value is -4.80. The minimum atomic E-state index is -4.78. The number of anilines is 1. The lowest BCUT2D eigenvalue weighted by atomic mass is 10.0. The number of benzene rings is 1. The third kappa shape index (κ3) is 6.31. The molecule has 0 spiro atoms. The van der Waals surface area contributed by atoms with Crippen LogP contribution in [-0.4, -0.2) is 69.4 Å². The first-order valence-electron chi connectivity index (χ1n) is 13.5. The summed E-state index contributed by atoms with van der Waals surface area (Å²) in [7, 11) is 0. The number of carboxylic acid groups (broad SMARTS) is 1. The van der Waals surface area contributed by atoms with Crippen LogP contribution in [0.1, 0.15) is 27.2 Å². The molecule has 2 N–H and O–H groups in total. The number of pyridine rings is 2. The van der Waals surface area contributed by atoms with Gasteiger partial charge in [-0.05, 0) is 42.8 Å². The van der Waals surface area contributed by atoms with Gasteiger partial charge in [-0.2, -0.15) is 26.3 Å². The first-order valence-corrected chi connectivity index (χ1v) is 13.5. The van der Waals surface area contributed by atoms with Gasteiger partial charge in [-0.25, -0.2) is 18.6 Å². The zero-order valence-corrected chi connectivity index (χ0v) is 23.6. The molecule has 0 aliphatic carbocycles. The molecule has 244 valence electrons. The second-order valence-electron chi connectivity index (χ2n) is 10.4. The number of halogens is 8. The number of hydrogen-bond acceptors (Lipinski definition) is 6. The zero-order chi connectivity index (χ0) is 33.6. The third-order valence-corrected chi connectivity index (χ3v) is 7.44. The molecule has 1 unspecified atom stereocenters. The van der Waals surface area contributed by atoms with Crippen molar-refractivity contribution < 1.29 is 54.6 Å². The number of rotatable bonds is 7. The highest BCUT2D eigenvalue weighted by atomic mass is 19.4. The summed E-state index contributed by atoms with van der Waals surface area (Å²) < 4.78 is 118. The van der Waals surface area contributed by atoms with E-state index in [-0.39, 0.29) is 35.6 Å². The van der Waals surface area contributed by atoms with E-state index < -0.39 is 83.5 Å². The smallest absolute Gasteiger partial charge is 0.418 e. The number of ether oxygens (including phenoxy) is 1. The molecule has 1 aromatic carbocycles. The van der Waals surface area contributed by atoms with Crippen molar-refractivity contribution in [3.05, 3.63) is 82.9 Å². The molecule has 1 aliphatic heterocycles. The maximum Gasteiger partial charge on any atom is 0.418 e. The number of imidazole rings is 1. The Balaban J connectivity index is 1.43. The summed E-state index contributed by atoms with van der Waals surface area (Å²) in [4.78, 5) is 33.7. The van der Waals surface area contributed by atoms with Crippen LogP contribution in [0.25, 0.3) is 16.9 Å². The average Bonchev–Trinajstić information content (AvgIpc) is 3.46. The molecule has 0 saturated carbocycles. The summed E-state index contributed by atoms with van der Waals surface area (Å²) in [5.41, 5.74) is -3.08. The molecule has 4 heterocycles. The second kappa shape index (κ2) is 12.2. The van der Waals surface area contributed by atoms with Crippen LogP contribution in [0, 0.1) is 18.6 Å². The van der Waals surface area contributed by atoms with Crippen molar-refractivity contribution >= 4 is 23.2 Å². The van der Waals surface area contributed by atoms with E-state index in [2.05, 4.69) is 9.97 Å². The molecule has 0 bridgehead atoms. The summed E-state index contributed by atoms with van der Waals surface area (Å²) in [6, 6.07) is 0.840. The van der Waals surface area contributed by atoms with Gasteiger partial charge in [-0.15, -0.1) is 0 Å². The second-order valence-corrected chi connectivity index (χ2v) is 10.4. The van der Waals surface area contributed by atoms with Crippen molar-refractivity contribution in [2.45, 2.75) is 37.8 Å². The summed E-state index contributed by atoms with van der Waals surface area (Å²) in [5, 5.41) is 11.8. The number of nitrogens with zero attached hydrogens (tertiary/aromatic N) is 4. The van der Waals surface area contributed by atoms with Gasteiger partial charge in [0.15, 0.2) is 0 Å². The number of carbonyl (C=O) groups is 2. The number of alkyl halides is 6. The molecule has 1 aliphatic rings. The van der Waals surface area contributed by atoms with Crippen LogP contribution >= 0.6 is 0 Å². The molecule has 46 heavy (non-hydrogen) atoms. The lowest BCUT2D eigenvalue weighted by molar-refractivity contribution is -0.167. The molecule has 1 amide bonds. The monoisotopic (exact) mass is 657 g/mol. The normalized spacial score (nSPS) is 16.5. The Morgan fingerprint density at radius 3 is 2.39 bits per heavy atom. The van der Waals surface area contributed by atoms with Gasteiger partial charge in [0.25, 0.3) is 5.91 Å². The van der Waals surface area contributed by atoms with Crippen LogP contribution in [0.15, 0.2) is 48.9 Å². The van der Waals surface area contributed by atoms with Crippen molar-refractivity contribution in [3.63, 3.8) is 0 Å². The molecule has 1 saturated heterocycles. The van der Waals surface area contributed by atoms with E-state index in [1.165, 1.54) is 48.1 Å². The molecule has 0 radical (unpaired) electrons. The minimum absolute atomic E-state index is 0.00971. The van der Waals surface area contributed by atoms with E-state index in [4.69, 9.17) is 4.74 Å². The number of aliphatic carboxylic acids is 1. The average molecular weight is 658 g/mol. The lowest BCUT2D eigenvalue weighted by Crippen LogP contribution is -2.53. The molecule has 17 heteroatoms. The van der Waals surface area contributed by atoms with Crippen molar-refractivity contribution in [3.8, 4) is 11.3 Å². The van der Waals surface area contributed by atoms with Gasteiger partial charge in [-0.1, -0.05) is 0 Å². The fourth-order valence-electron chi connectivity index (χ4n) is 5.31. The zero-order valence-electron chi connectivity index (χ0n) is 23.6. The van der Waals surface area contributed by atoms with Crippen molar-refractivity contribution in [2.24, 2.45) is 0 Å². The number of nitrogens with one attached hydrogen (secondary N) is 1. The molecular weight excluding hydrogens is 634 g/mol. The van der Waals surface area contributed by atoms with E-state index in [0.29, 0.717) is 17.0 Å². The number of amides is 1. The standard InChI is InChI=1S/C29H23F8N5O4/c1-14-4-5-38-24(23(14)29(35,36)37)17-3-2-15(42-7-6-39-25(17)42)12-20(27(44)45)40-26(43)22-18(30)10-16(11-19(22)31)41-8-9-46-13-21(41)28(32,33)34/h2-7,10-11,20-21H,8-9,12-13H2,1H3,(H,40,43)(H,44,45)/t20?,21-/m1/s1. The van der Waals surface area contributed by atoms with Crippen LogP contribution in [0.4, 0.5) is 40.8 Å². The van der Waals surface area contributed by atoms with Crippen LogP contribution in [-0.2, 0) is 22.1 Å². The SMILES string of the molecule is Cc1ccnc(-c2ccc(CC(NC(=O)c3c(F)cc(N4CCOC[C@@H]4C(F)(F)F)cc3F)C(=O)O)n3ccnc23)c1C(F)(F)F. The van der Waals surface area contributed by atoms with Gasteiger partial charge < -0.3 is 24.5 Å². The number of hydrogen-bond donors (Lipinski definition) is 2. The number of morpholine rings is 1. The van der Waals surface area contributed by atoms with E-state index in [0.717, 1.165) is 0 Å². The van der Waals surface area contributed by atoms with Gasteiger partial charge in [0.1, 0.15) is 34.9 Å². The van der Waals surface area contributed by atoms with Gasteiger partial charge >= 0.3 is 18.3 Å². The molecule has 3 aromatic heterocycles. The topological polar surface area (TPSA) is 109 Å². The molecule has 2 atom stereocenters. The first kappa shape index (κ1) is 32.6. The maximum absolute atomic E-state index is 15.0. The van der Waals surface area contributed by atoms with Crippen molar-refractivity contribution in [1.82, 2.24) is 19.7 Å². The fraction of sp³-hybridized carbons (Fsp3) is 0.310. The van der Waals surface area contributed by atoms with Crippen molar-refractivity contribution in [1.29, 1.82) is 0 Å². The van der Waals surface area contributed by atoms with Gasteiger partial charge in [-0.3, -0.25) is 9.78 Å². The van der Waals surface area contributed by atoms with Crippen LogP contribution < -0.4 is 10.2 Å². The molecule has 1 fully saturated rings. The molecular formula is C29H23F8N5O4. The predicted molar refractivity (Wildman–Crippen MR) is 145 cm³/mol. The fourth-order valence-corrected chi connectivity index (χ4v) is 5.31. The largest absolute Gasteiger partial charge is 0.480 e. The highest BCUT2D eigenvalue weighted by molar-refractivity contribution is 5.97. The number of aryl methyl sites for hydroxylation is 1. The Bertz CT molecular complexity index is 1780. The Labute approximate surface area is 254 Å². The van der Waals surface area contributed by atoms with Crippen LogP contribution in [0.3, 0.4) is 0 Å². The van der Waals surface area contributed by atoms with E-state index >= 15 is 8.78 Å². The van der Waals surface area contributed by atoms with Gasteiger partial charge in [0.2, 0.25) is 0 Å². The molecule has 9 nitrogen and oxygen atoms in total. The third-order valence-electron chi connectivity index (χ3n) is 7.44. The quantitative estimate of drug-likeness (QED) is 0.263. The lowest BCUT2D eigenvalue weighted by Gasteiger charge is -2.38. The summed E-state index contributed by atoms with van der Waals surface area (Å²) >= 11 is 0. The van der Waals surface area contributed by atoms with E-state index in [9.17, 15) is 41.0 Å². The van der Waals surface area contributed by atoms with Crippen molar-refractivity contribution in [2.75, 3.05) is 24.7 Å².